The lowest BCUT2D eigenvalue weighted by molar-refractivity contribution is -0.899. The minimum atomic E-state index is -0.140. The van der Waals surface area contributed by atoms with Crippen LogP contribution in [0.4, 0.5) is 0 Å². The molecule has 190 valence electrons. The van der Waals surface area contributed by atoms with E-state index in [0.29, 0.717) is 18.1 Å². The maximum Gasteiger partial charge on any atom is 0.165 e. The van der Waals surface area contributed by atoms with Crippen molar-refractivity contribution < 1.29 is 14.1 Å². The molecule has 1 heterocycles. The maximum atomic E-state index is 13.3. The number of carbonyl (C=O) groups is 2. The van der Waals surface area contributed by atoms with Crippen LogP contribution in [-0.4, -0.2) is 42.7 Å². The molecule has 6 unspecified atom stereocenters. The van der Waals surface area contributed by atoms with Crippen molar-refractivity contribution in [1.82, 2.24) is 0 Å². The summed E-state index contributed by atoms with van der Waals surface area (Å²) >= 11 is 0. The molecule has 2 fully saturated rings. The first-order valence-electron chi connectivity index (χ1n) is 13.9. The van der Waals surface area contributed by atoms with Crippen LogP contribution in [0.5, 0.6) is 0 Å². The van der Waals surface area contributed by atoms with E-state index in [4.69, 9.17) is 0 Å². The molecule has 1 aliphatic heterocycles. The number of carbonyl (C=O) groups excluding carboxylic acids is 2. The monoisotopic (exact) mass is 468 g/mol. The summed E-state index contributed by atoms with van der Waals surface area (Å²) in [6.07, 6.45) is 7.63. The highest BCUT2D eigenvalue weighted by atomic mass is 16.1. The molecular formula is C31H50NO2+. The second kappa shape index (κ2) is 11.1. The lowest BCUT2D eigenvalue weighted by Gasteiger charge is -2.42. The van der Waals surface area contributed by atoms with Gasteiger partial charge in [0, 0.05) is 42.6 Å². The highest BCUT2D eigenvalue weighted by Gasteiger charge is 2.42. The van der Waals surface area contributed by atoms with Crippen molar-refractivity contribution in [2.24, 2.45) is 35.0 Å². The van der Waals surface area contributed by atoms with Crippen molar-refractivity contribution in [3.8, 4) is 0 Å². The molecule has 34 heavy (non-hydrogen) atoms. The van der Waals surface area contributed by atoms with Crippen molar-refractivity contribution >= 4 is 11.6 Å². The molecule has 0 amide bonds. The van der Waals surface area contributed by atoms with Crippen molar-refractivity contribution in [3.63, 3.8) is 0 Å². The number of likely N-dealkylation sites (tertiary alicyclic amines) is 1. The summed E-state index contributed by atoms with van der Waals surface area (Å²) in [6.45, 7) is 17.0. The SMILES string of the molecule is CC1CC[N+](C)(CCCc2ccc(C(=O)C(C)C(C)CC(=O)C3C(C)CCCC3(C)C)cc2)C1. The third kappa shape index (κ3) is 6.59. The number of aryl methyl sites for hydroxylation is 1. The summed E-state index contributed by atoms with van der Waals surface area (Å²) < 4.78 is 1.21. The maximum absolute atomic E-state index is 13.3. The van der Waals surface area contributed by atoms with Gasteiger partial charge in [0.2, 0.25) is 0 Å². The summed E-state index contributed by atoms with van der Waals surface area (Å²) in [5.41, 5.74) is 2.18. The van der Waals surface area contributed by atoms with Crippen LogP contribution in [0.3, 0.4) is 0 Å². The Morgan fingerprint density at radius 3 is 2.35 bits per heavy atom. The van der Waals surface area contributed by atoms with E-state index >= 15 is 0 Å². The first-order chi connectivity index (χ1) is 15.9. The predicted octanol–water partition coefficient (Wildman–Crippen LogP) is 6.98. The zero-order chi connectivity index (χ0) is 25.1. The third-order valence-corrected chi connectivity index (χ3v) is 9.34. The van der Waals surface area contributed by atoms with Gasteiger partial charge < -0.3 is 4.48 Å². The van der Waals surface area contributed by atoms with Gasteiger partial charge in [-0.1, -0.05) is 72.2 Å². The standard InChI is InChI=1S/C31H50NO2/c1-22-16-19-32(7,21-22)18-9-11-26-12-14-27(15-13-26)30(34)25(4)24(3)20-28(33)29-23(2)10-8-17-31(29,5)6/h12-15,22-25,29H,8-11,16-21H2,1-7H3/q+1. The molecule has 0 bridgehead atoms. The van der Waals surface area contributed by atoms with E-state index in [2.05, 4.69) is 53.8 Å². The molecule has 1 aromatic carbocycles. The van der Waals surface area contributed by atoms with E-state index in [1.54, 1.807) is 0 Å². The highest BCUT2D eigenvalue weighted by molar-refractivity contribution is 5.98. The largest absolute Gasteiger partial charge is 0.326 e. The van der Waals surface area contributed by atoms with E-state index in [1.807, 2.05) is 19.1 Å². The number of nitrogens with zero attached hydrogens (tertiary/aromatic N) is 1. The highest BCUT2D eigenvalue weighted by Crippen LogP contribution is 2.45. The van der Waals surface area contributed by atoms with Crippen LogP contribution in [0.25, 0.3) is 0 Å². The van der Waals surface area contributed by atoms with Gasteiger partial charge in [0.25, 0.3) is 0 Å². The molecular weight excluding hydrogens is 418 g/mol. The van der Waals surface area contributed by atoms with Gasteiger partial charge in [-0.05, 0) is 42.1 Å². The minimum Gasteiger partial charge on any atom is -0.326 e. The molecule has 0 N–H and O–H groups in total. The summed E-state index contributed by atoms with van der Waals surface area (Å²) in [5, 5.41) is 0. The van der Waals surface area contributed by atoms with Crippen LogP contribution >= 0.6 is 0 Å². The summed E-state index contributed by atoms with van der Waals surface area (Å²) in [5.74, 6) is 1.89. The first kappa shape index (κ1) is 27.1. The van der Waals surface area contributed by atoms with Gasteiger partial charge in [0.15, 0.2) is 5.78 Å². The minimum absolute atomic E-state index is 0.0666. The van der Waals surface area contributed by atoms with Crippen molar-refractivity contribution in [2.45, 2.75) is 86.5 Å². The Labute approximate surface area is 209 Å². The van der Waals surface area contributed by atoms with Crippen molar-refractivity contribution in [1.29, 1.82) is 0 Å². The zero-order valence-corrected chi connectivity index (χ0v) is 23.0. The smallest absolute Gasteiger partial charge is 0.165 e. The van der Waals surface area contributed by atoms with E-state index in [-0.39, 0.29) is 29.0 Å². The Hall–Kier alpha value is -1.48. The lowest BCUT2D eigenvalue weighted by atomic mass is 9.61. The zero-order valence-electron chi connectivity index (χ0n) is 23.0. The van der Waals surface area contributed by atoms with Crippen LogP contribution in [0.2, 0.25) is 0 Å². The van der Waals surface area contributed by atoms with Gasteiger partial charge >= 0.3 is 0 Å². The molecule has 0 radical (unpaired) electrons. The Kier molecular flexibility index (Phi) is 8.82. The van der Waals surface area contributed by atoms with E-state index in [1.165, 1.54) is 48.9 Å². The molecule has 1 saturated carbocycles. The second-order valence-corrected chi connectivity index (χ2v) is 13.1. The van der Waals surface area contributed by atoms with E-state index < -0.39 is 0 Å². The molecule has 3 heteroatoms. The van der Waals surface area contributed by atoms with E-state index in [9.17, 15) is 9.59 Å². The Morgan fingerprint density at radius 1 is 1.09 bits per heavy atom. The number of ketones is 2. The average Bonchev–Trinajstić information content (AvgIpc) is 3.10. The topological polar surface area (TPSA) is 34.1 Å². The van der Waals surface area contributed by atoms with Gasteiger partial charge in [0.1, 0.15) is 5.78 Å². The molecule has 1 aromatic rings. The van der Waals surface area contributed by atoms with Crippen molar-refractivity contribution in [2.75, 3.05) is 26.7 Å². The normalized spacial score (nSPS) is 30.6. The molecule has 3 rings (SSSR count). The van der Waals surface area contributed by atoms with Gasteiger partial charge in [-0.3, -0.25) is 9.59 Å². The number of quaternary nitrogens is 1. The van der Waals surface area contributed by atoms with Crippen LogP contribution in [0.1, 0.15) is 96.0 Å². The van der Waals surface area contributed by atoms with Crippen molar-refractivity contribution in [3.05, 3.63) is 35.4 Å². The van der Waals surface area contributed by atoms with Gasteiger partial charge in [-0.15, -0.1) is 0 Å². The lowest BCUT2D eigenvalue weighted by Crippen LogP contribution is -2.42. The van der Waals surface area contributed by atoms with Crippen LogP contribution < -0.4 is 0 Å². The molecule has 0 aromatic heterocycles. The quantitative estimate of drug-likeness (QED) is 0.274. The fourth-order valence-corrected chi connectivity index (χ4v) is 7.04. The first-order valence-corrected chi connectivity index (χ1v) is 13.9. The molecule has 0 spiro atoms. The van der Waals surface area contributed by atoms with E-state index in [0.717, 1.165) is 30.7 Å². The Morgan fingerprint density at radius 2 is 1.76 bits per heavy atom. The second-order valence-electron chi connectivity index (χ2n) is 13.1. The van der Waals surface area contributed by atoms with Crippen LogP contribution in [0, 0.1) is 35.0 Å². The number of rotatable bonds is 10. The average molecular weight is 469 g/mol. The number of benzene rings is 1. The number of hydrogen-bond acceptors (Lipinski definition) is 2. The van der Waals surface area contributed by atoms with Crippen LogP contribution in [0.15, 0.2) is 24.3 Å². The van der Waals surface area contributed by atoms with Crippen LogP contribution in [-0.2, 0) is 11.2 Å². The molecule has 1 saturated heterocycles. The number of Topliss-reactive ketones (excluding diaryl/α,β-unsaturated/α-hetero) is 2. The Balaban J connectivity index is 1.51. The molecule has 2 aliphatic rings. The van der Waals surface area contributed by atoms with Gasteiger partial charge in [-0.25, -0.2) is 0 Å². The predicted molar refractivity (Wildman–Crippen MR) is 142 cm³/mol. The fourth-order valence-electron chi connectivity index (χ4n) is 7.04. The molecule has 3 nitrogen and oxygen atoms in total. The van der Waals surface area contributed by atoms with Gasteiger partial charge in [0.05, 0.1) is 26.7 Å². The Bertz CT molecular complexity index is 841. The third-order valence-electron chi connectivity index (χ3n) is 9.34. The summed E-state index contributed by atoms with van der Waals surface area (Å²) in [7, 11) is 2.40. The fraction of sp³-hybridized carbons (Fsp3) is 0.742. The summed E-state index contributed by atoms with van der Waals surface area (Å²) in [6, 6.07) is 8.27. The molecule has 1 aliphatic carbocycles. The number of hydrogen-bond donors (Lipinski definition) is 0. The molecule has 6 atom stereocenters. The summed E-state index contributed by atoms with van der Waals surface area (Å²) in [4.78, 5) is 26.5. The van der Waals surface area contributed by atoms with Gasteiger partial charge in [-0.2, -0.15) is 0 Å².